The first-order chi connectivity index (χ1) is 6.19. The second kappa shape index (κ2) is 4.58. The Hall–Kier alpha value is -0.600. The average Bonchev–Trinajstić information content (AvgIpc) is 2.04. The molecule has 0 radical (unpaired) electrons. The number of ether oxygens (including phenoxy) is 1. The number of methoxy groups -OCH3 is 1. The van der Waals surface area contributed by atoms with E-state index in [0.29, 0.717) is 15.8 Å². The lowest BCUT2D eigenvalue weighted by atomic mass is 10.3. The van der Waals surface area contributed by atoms with Crippen LogP contribution in [0.3, 0.4) is 0 Å². The molecule has 0 aliphatic heterocycles. The van der Waals surface area contributed by atoms with E-state index in [1.54, 1.807) is 19.2 Å². The summed E-state index contributed by atoms with van der Waals surface area (Å²) in [5.41, 5.74) is 0.822. The Morgan fingerprint density at radius 1 is 1.38 bits per heavy atom. The van der Waals surface area contributed by atoms with Crippen LogP contribution in [-0.2, 0) is 0 Å². The summed E-state index contributed by atoms with van der Waals surface area (Å²) in [6, 6.07) is 3.44. The molecule has 0 fully saturated rings. The molecule has 0 aromatic heterocycles. The predicted octanol–water partition coefficient (Wildman–Crippen LogP) is 3.43. The number of hydrogen-bond acceptors (Lipinski definition) is 2. The van der Waals surface area contributed by atoms with Crippen molar-refractivity contribution < 1.29 is 4.74 Å². The van der Waals surface area contributed by atoms with Gasteiger partial charge in [-0.1, -0.05) is 23.2 Å². The molecule has 0 atom stereocenters. The van der Waals surface area contributed by atoms with Crippen molar-refractivity contribution in [2.75, 3.05) is 19.0 Å². The maximum Gasteiger partial charge on any atom is 0.160 e. The summed E-state index contributed by atoms with van der Waals surface area (Å²) < 4.78 is 5.13. The van der Waals surface area contributed by atoms with Gasteiger partial charge in [0.25, 0.3) is 0 Å². The van der Waals surface area contributed by atoms with E-state index in [1.165, 1.54) is 0 Å². The topological polar surface area (TPSA) is 21.3 Å². The first kappa shape index (κ1) is 10.5. The molecule has 0 heterocycles. The minimum Gasteiger partial charge on any atom is -0.493 e. The fourth-order valence-electron chi connectivity index (χ4n) is 1.09. The molecule has 0 spiro atoms. The molecule has 0 unspecified atom stereocenters. The zero-order valence-electron chi connectivity index (χ0n) is 7.53. The normalized spacial score (nSPS) is 9.85. The molecule has 0 saturated heterocycles. The molecule has 0 aliphatic rings. The Bertz CT molecular complexity index is 302. The van der Waals surface area contributed by atoms with Gasteiger partial charge in [-0.3, -0.25) is 0 Å². The Kier molecular flexibility index (Phi) is 3.70. The number of rotatable bonds is 3. The number of benzene rings is 1. The molecule has 1 aromatic carbocycles. The summed E-state index contributed by atoms with van der Waals surface area (Å²) in [4.78, 5) is 0. The molecular formula is C9H11Cl2NO. The van der Waals surface area contributed by atoms with Crippen molar-refractivity contribution in [2.24, 2.45) is 0 Å². The van der Waals surface area contributed by atoms with Gasteiger partial charge in [-0.05, 0) is 19.1 Å². The molecule has 1 aromatic rings. The third-order valence-corrected chi connectivity index (χ3v) is 2.08. The van der Waals surface area contributed by atoms with Gasteiger partial charge in [0.1, 0.15) is 0 Å². The second-order valence-corrected chi connectivity index (χ2v) is 3.34. The van der Waals surface area contributed by atoms with Crippen LogP contribution in [0.2, 0.25) is 10.0 Å². The second-order valence-electron chi connectivity index (χ2n) is 2.50. The molecule has 72 valence electrons. The van der Waals surface area contributed by atoms with E-state index in [9.17, 15) is 0 Å². The van der Waals surface area contributed by atoms with Crippen molar-refractivity contribution in [1.29, 1.82) is 0 Å². The van der Waals surface area contributed by atoms with Crippen LogP contribution in [0.25, 0.3) is 0 Å². The van der Waals surface area contributed by atoms with Crippen molar-refractivity contribution in [1.82, 2.24) is 0 Å². The van der Waals surface area contributed by atoms with E-state index in [-0.39, 0.29) is 0 Å². The number of anilines is 1. The zero-order chi connectivity index (χ0) is 9.84. The Balaban J connectivity index is 3.13. The summed E-state index contributed by atoms with van der Waals surface area (Å²) in [7, 11) is 1.58. The monoisotopic (exact) mass is 219 g/mol. The first-order valence-electron chi connectivity index (χ1n) is 3.96. The molecule has 1 rings (SSSR count). The summed E-state index contributed by atoms with van der Waals surface area (Å²) in [5.74, 6) is 0.632. The Morgan fingerprint density at radius 2 is 2.08 bits per heavy atom. The average molecular weight is 220 g/mol. The van der Waals surface area contributed by atoms with E-state index in [1.807, 2.05) is 6.92 Å². The molecular weight excluding hydrogens is 209 g/mol. The van der Waals surface area contributed by atoms with Gasteiger partial charge in [0, 0.05) is 11.6 Å². The van der Waals surface area contributed by atoms with Crippen LogP contribution in [-0.4, -0.2) is 13.7 Å². The zero-order valence-corrected chi connectivity index (χ0v) is 9.04. The van der Waals surface area contributed by atoms with Gasteiger partial charge in [-0.15, -0.1) is 0 Å². The first-order valence-corrected chi connectivity index (χ1v) is 4.71. The van der Waals surface area contributed by atoms with Crippen LogP contribution >= 0.6 is 23.2 Å². The minimum absolute atomic E-state index is 0.519. The highest BCUT2D eigenvalue weighted by atomic mass is 35.5. The number of halogens is 2. The maximum absolute atomic E-state index is 5.92. The molecule has 13 heavy (non-hydrogen) atoms. The fraction of sp³-hybridized carbons (Fsp3) is 0.333. The van der Waals surface area contributed by atoms with Crippen LogP contribution in [0.4, 0.5) is 5.69 Å². The smallest absolute Gasteiger partial charge is 0.160 e. The van der Waals surface area contributed by atoms with E-state index >= 15 is 0 Å². The molecule has 0 amide bonds. The van der Waals surface area contributed by atoms with Crippen molar-refractivity contribution in [3.63, 3.8) is 0 Å². The molecule has 0 saturated carbocycles. The van der Waals surface area contributed by atoms with Crippen LogP contribution in [0.1, 0.15) is 6.92 Å². The minimum atomic E-state index is 0.519. The van der Waals surface area contributed by atoms with Crippen molar-refractivity contribution >= 4 is 28.9 Å². The van der Waals surface area contributed by atoms with Gasteiger partial charge in [-0.25, -0.2) is 0 Å². The van der Waals surface area contributed by atoms with E-state index < -0.39 is 0 Å². The molecule has 2 nitrogen and oxygen atoms in total. The van der Waals surface area contributed by atoms with Gasteiger partial charge in [0.15, 0.2) is 5.75 Å². The Labute approximate surface area is 87.8 Å². The number of nitrogens with one attached hydrogen (secondary N) is 1. The SMILES string of the molecule is CCNc1cc(Cl)cc(Cl)c1OC. The van der Waals surface area contributed by atoms with E-state index in [0.717, 1.165) is 12.2 Å². The van der Waals surface area contributed by atoms with E-state index in [4.69, 9.17) is 27.9 Å². The Morgan fingerprint density at radius 3 is 2.62 bits per heavy atom. The molecule has 4 heteroatoms. The number of hydrogen-bond donors (Lipinski definition) is 1. The van der Waals surface area contributed by atoms with Crippen molar-refractivity contribution in [3.8, 4) is 5.75 Å². The molecule has 0 aliphatic carbocycles. The summed E-state index contributed by atoms with van der Waals surface area (Å²) in [6.45, 7) is 2.79. The van der Waals surface area contributed by atoms with Crippen LogP contribution < -0.4 is 10.1 Å². The quantitative estimate of drug-likeness (QED) is 0.842. The highest BCUT2D eigenvalue weighted by molar-refractivity contribution is 6.36. The van der Waals surface area contributed by atoms with Crippen molar-refractivity contribution in [2.45, 2.75) is 6.92 Å². The summed E-state index contributed by atoms with van der Waals surface area (Å²) >= 11 is 11.8. The third kappa shape index (κ3) is 2.42. The van der Waals surface area contributed by atoms with Crippen molar-refractivity contribution in [3.05, 3.63) is 22.2 Å². The van der Waals surface area contributed by atoms with Crippen LogP contribution in [0, 0.1) is 0 Å². The predicted molar refractivity (Wildman–Crippen MR) is 57.2 cm³/mol. The van der Waals surface area contributed by atoms with Gasteiger partial charge in [0.05, 0.1) is 17.8 Å². The summed E-state index contributed by atoms with van der Waals surface area (Å²) in [6.07, 6.45) is 0. The highest BCUT2D eigenvalue weighted by Crippen LogP contribution is 2.35. The standard InChI is InChI=1S/C9H11Cl2NO/c1-3-12-8-5-6(10)4-7(11)9(8)13-2/h4-5,12H,3H2,1-2H3. The van der Waals surface area contributed by atoms with Gasteiger partial charge >= 0.3 is 0 Å². The fourth-order valence-corrected chi connectivity index (χ4v) is 1.66. The van der Waals surface area contributed by atoms with Gasteiger partial charge in [0.2, 0.25) is 0 Å². The maximum atomic E-state index is 5.92. The van der Waals surface area contributed by atoms with Crippen LogP contribution in [0.5, 0.6) is 5.75 Å². The van der Waals surface area contributed by atoms with Crippen LogP contribution in [0.15, 0.2) is 12.1 Å². The third-order valence-electron chi connectivity index (χ3n) is 1.58. The lowest BCUT2D eigenvalue weighted by molar-refractivity contribution is 0.417. The van der Waals surface area contributed by atoms with Gasteiger partial charge in [-0.2, -0.15) is 0 Å². The summed E-state index contributed by atoms with van der Waals surface area (Å²) in [5, 5.41) is 4.23. The highest BCUT2D eigenvalue weighted by Gasteiger charge is 2.08. The lowest BCUT2D eigenvalue weighted by Gasteiger charge is -2.11. The molecule has 0 bridgehead atoms. The van der Waals surface area contributed by atoms with Gasteiger partial charge < -0.3 is 10.1 Å². The van der Waals surface area contributed by atoms with E-state index in [2.05, 4.69) is 5.32 Å². The lowest BCUT2D eigenvalue weighted by Crippen LogP contribution is -1.99. The largest absolute Gasteiger partial charge is 0.493 e. The molecule has 1 N–H and O–H groups in total.